The fourth-order valence-corrected chi connectivity index (χ4v) is 3.84. The van der Waals surface area contributed by atoms with Gasteiger partial charge in [0.15, 0.2) is 0 Å². The average molecular weight is 404 g/mol. The van der Waals surface area contributed by atoms with Crippen LogP contribution in [0.25, 0.3) is 17.0 Å². The average Bonchev–Trinajstić information content (AvgIpc) is 3.09. The number of hydrogen-bond acceptors (Lipinski definition) is 2. The fraction of sp³-hybridized carbons (Fsp3) is 0.250. The summed E-state index contributed by atoms with van der Waals surface area (Å²) in [5, 5.41) is 3.92. The van der Waals surface area contributed by atoms with Gasteiger partial charge in [0.1, 0.15) is 5.70 Å². The van der Waals surface area contributed by atoms with E-state index in [1.165, 1.54) is 4.90 Å². The number of benzene rings is 2. The van der Waals surface area contributed by atoms with E-state index in [4.69, 9.17) is 0 Å². The first-order chi connectivity index (χ1) is 14.5. The number of aryl methyl sites for hydroxylation is 1. The van der Waals surface area contributed by atoms with Gasteiger partial charge in [-0.25, -0.2) is 0 Å². The van der Waals surface area contributed by atoms with Gasteiger partial charge >= 0.3 is 0 Å². The molecule has 0 atom stereocenters. The lowest BCUT2D eigenvalue weighted by molar-refractivity contribution is -0.883. The van der Waals surface area contributed by atoms with E-state index in [1.54, 1.807) is 18.2 Å². The first-order valence-electron chi connectivity index (χ1n) is 10.3. The molecule has 2 heterocycles. The zero-order valence-corrected chi connectivity index (χ0v) is 17.4. The van der Waals surface area contributed by atoms with Crippen LogP contribution in [0.1, 0.15) is 15.9 Å². The minimum absolute atomic E-state index is 0.139. The van der Waals surface area contributed by atoms with Crippen LogP contribution in [0, 0.1) is 0 Å². The normalized spacial score (nSPS) is 15.4. The van der Waals surface area contributed by atoms with Gasteiger partial charge in [0.05, 0.1) is 33.2 Å². The molecule has 154 valence electrons. The SMILES string of the molecule is Cn1cc(/C=C(\NC(=O)c2ccccc2)C(=O)N2CC[NH+](C)CC2)c2ccccc21. The maximum atomic E-state index is 13.3. The molecule has 0 saturated carbocycles. The standard InChI is InChI=1S/C24H26N4O2/c1-26-12-14-28(15-13-26)24(30)21(25-23(29)18-8-4-3-5-9-18)16-19-17-27(2)22-11-7-6-10-20(19)22/h3-11,16-17H,12-15H2,1-2H3,(H,25,29)/p+1/b21-16-. The minimum Gasteiger partial charge on any atom is -0.350 e. The summed E-state index contributed by atoms with van der Waals surface area (Å²) in [6.45, 7) is 3.16. The van der Waals surface area contributed by atoms with Crippen molar-refractivity contribution >= 4 is 28.8 Å². The van der Waals surface area contributed by atoms with Crippen molar-refractivity contribution in [3.05, 3.63) is 77.6 Å². The topological polar surface area (TPSA) is 58.8 Å². The fourth-order valence-electron chi connectivity index (χ4n) is 3.84. The lowest BCUT2D eigenvalue weighted by Crippen LogP contribution is -3.12. The summed E-state index contributed by atoms with van der Waals surface area (Å²) in [5.74, 6) is -0.421. The number of aromatic nitrogens is 1. The number of amides is 2. The van der Waals surface area contributed by atoms with Crippen LogP contribution < -0.4 is 10.2 Å². The van der Waals surface area contributed by atoms with E-state index >= 15 is 0 Å². The molecule has 2 amide bonds. The van der Waals surface area contributed by atoms with Crippen molar-refractivity contribution in [1.82, 2.24) is 14.8 Å². The summed E-state index contributed by atoms with van der Waals surface area (Å²) >= 11 is 0. The van der Waals surface area contributed by atoms with Gasteiger partial charge in [0, 0.05) is 35.3 Å². The Morgan fingerprint density at radius 2 is 1.67 bits per heavy atom. The molecule has 6 heteroatoms. The summed E-state index contributed by atoms with van der Waals surface area (Å²) in [5.41, 5.74) is 2.81. The summed E-state index contributed by atoms with van der Waals surface area (Å²) < 4.78 is 2.03. The molecule has 1 aromatic heterocycles. The number of nitrogens with zero attached hydrogens (tertiary/aromatic N) is 2. The monoisotopic (exact) mass is 403 g/mol. The highest BCUT2D eigenvalue weighted by Crippen LogP contribution is 2.23. The second-order valence-electron chi connectivity index (χ2n) is 7.84. The van der Waals surface area contributed by atoms with Crippen LogP contribution in [0.2, 0.25) is 0 Å². The Balaban J connectivity index is 1.70. The number of nitrogens with one attached hydrogen (secondary N) is 2. The predicted molar refractivity (Wildman–Crippen MR) is 118 cm³/mol. The molecule has 2 aromatic carbocycles. The van der Waals surface area contributed by atoms with Crippen LogP contribution in [0.4, 0.5) is 0 Å². The smallest absolute Gasteiger partial charge is 0.270 e. The maximum Gasteiger partial charge on any atom is 0.270 e. The summed E-state index contributed by atoms with van der Waals surface area (Å²) in [7, 11) is 4.11. The van der Waals surface area contributed by atoms with E-state index in [0.29, 0.717) is 24.4 Å². The van der Waals surface area contributed by atoms with E-state index in [1.807, 2.05) is 65.2 Å². The van der Waals surface area contributed by atoms with Crippen LogP contribution in [0.5, 0.6) is 0 Å². The molecule has 0 bridgehead atoms. The second kappa shape index (κ2) is 8.55. The van der Waals surface area contributed by atoms with E-state index in [0.717, 1.165) is 29.6 Å². The molecule has 0 aliphatic carbocycles. The Morgan fingerprint density at radius 3 is 2.40 bits per heavy atom. The number of piperazine rings is 1. The Hall–Kier alpha value is -3.38. The first-order valence-corrected chi connectivity index (χ1v) is 10.3. The number of quaternary nitrogens is 1. The maximum absolute atomic E-state index is 13.3. The number of fused-ring (bicyclic) bond motifs is 1. The Kier molecular flexibility index (Phi) is 5.68. The van der Waals surface area contributed by atoms with Gasteiger partial charge in [-0.05, 0) is 24.3 Å². The van der Waals surface area contributed by atoms with Gasteiger partial charge in [0.2, 0.25) is 0 Å². The molecule has 3 aromatic rings. The molecule has 4 rings (SSSR count). The zero-order chi connectivity index (χ0) is 21.1. The molecule has 1 fully saturated rings. The molecular weight excluding hydrogens is 376 g/mol. The lowest BCUT2D eigenvalue weighted by Gasteiger charge is -2.30. The van der Waals surface area contributed by atoms with E-state index in [9.17, 15) is 9.59 Å². The number of carbonyl (C=O) groups excluding carboxylic acids is 2. The molecular formula is C24H27N4O2+. The number of para-hydroxylation sites is 1. The molecule has 0 spiro atoms. The van der Waals surface area contributed by atoms with Crippen molar-refractivity contribution in [2.45, 2.75) is 0 Å². The lowest BCUT2D eigenvalue weighted by atomic mass is 10.1. The van der Waals surface area contributed by atoms with E-state index < -0.39 is 0 Å². The number of likely N-dealkylation sites (N-methyl/N-ethyl adjacent to an activating group) is 1. The second-order valence-corrected chi connectivity index (χ2v) is 7.84. The van der Waals surface area contributed by atoms with Crippen LogP contribution in [0.15, 0.2) is 66.5 Å². The zero-order valence-electron chi connectivity index (χ0n) is 17.4. The van der Waals surface area contributed by atoms with Crippen LogP contribution in [0.3, 0.4) is 0 Å². The summed E-state index contributed by atoms with van der Waals surface area (Å²) in [4.78, 5) is 29.4. The van der Waals surface area contributed by atoms with Crippen molar-refractivity contribution in [2.75, 3.05) is 33.2 Å². The molecule has 0 radical (unpaired) electrons. The van der Waals surface area contributed by atoms with Gasteiger partial charge in [-0.15, -0.1) is 0 Å². The summed E-state index contributed by atoms with van der Waals surface area (Å²) in [6.07, 6.45) is 3.79. The third-order valence-electron chi connectivity index (χ3n) is 5.65. The minimum atomic E-state index is -0.282. The van der Waals surface area contributed by atoms with Gasteiger partial charge < -0.3 is 19.7 Å². The van der Waals surface area contributed by atoms with Crippen molar-refractivity contribution in [2.24, 2.45) is 7.05 Å². The highest BCUT2D eigenvalue weighted by atomic mass is 16.2. The van der Waals surface area contributed by atoms with Crippen molar-refractivity contribution < 1.29 is 14.5 Å². The molecule has 6 nitrogen and oxygen atoms in total. The van der Waals surface area contributed by atoms with E-state index in [-0.39, 0.29) is 11.8 Å². The van der Waals surface area contributed by atoms with Crippen molar-refractivity contribution in [1.29, 1.82) is 0 Å². The molecule has 1 aliphatic heterocycles. The van der Waals surface area contributed by atoms with Crippen LogP contribution in [-0.2, 0) is 11.8 Å². The molecule has 1 aliphatic rings. The predicted octanol–water partition coefficient (Wildman–Crippen LogP) is 1.31. The first kappa shape index (κ1) is 19.9. The van der Waals surface area contributed by atoms with Crippen LogP contribution in [-0.4, -0.2) is 54.5 Å². The van der Waals surface area contributed by atoms with Gasteiger partial charge in [0.25, 0.3) is 11.8 Å². The highest BCUT2D eigenvalue weighted by molar-refractivity contribution is 6.06. The Morgan fingerprint density at radius 1 is 1.00 bits per heavy atom. The summed E-state index contributed by atoms with van der Waals surface area (Å²) in [6, 6.07) is 17.0. The molecule has 1 saturated heterocycles. The largest absolute Gasteiger partial charge is 0.350 e. The van der Waals surface area contributed by atoms with Crippen LogP contribution >= 0.6 is 0 Å². The third-order valence-corrected chi connectivity index (χ3v) is 5.65. The van der Waals surface area contributed by atoms with Gasteiger partial charge in [-0.2, -0.15) is 0 Å². The van der Waals surface area contributed by atoms with Crippen molar-refractivity contribution in [3.8, 4) is 0 Å². The third kappa shape index (κ3) is 4.14. The van der Waals surface area contributed by atoms with Crippen molar-refractivity contribution in [3.63, 3.8) is 0 Å². The molecule has 0 unspecified atom stereocenters. The highest BCUT2D eigenvalue weighted by Gasteiger charge is 2.25. The quantitative estimate of drug-likeness (QED) is 0.646. The van der Waals surface area contributed by atoms with E-state index in [2.05, 4.69) is 12.4 Å². The molecule has 30 heavy (non-hydrogen) atoms. The molecule has 2 N–H and O–H groups in total. The van der Waals surface area contributed by atoms with Gasteiger partial charge in [-0.3, -0.25) is 9.59 Å². The number of carbonyl (C=O) groups is 2. The Labute approximate surface area is 176 Å². The Bertz CT molecular complexity index is 1090. The number of rotatable bonds is 4. The number of hydrogen-bond donors (Lipinski definition) is 2. The van der Waals surface area contributed by atoms with Gasteiger partial charge in [-0.1, -0.05) is 36.4 Å².